The van der Waals surface area contributed by atoms with E-state index in [2.05, 4.69) is 0 Å². The molecule has 1 saturated carbocycles. The molecule has 1 rings (SSSR count). The Hall–Kier alpha value is -0.900. The highest BCUT2D eigenvalue weighted by Crippen LogP contribution is 2.37. The Morgan fingerprint density at radius 1 is 1.41 bits per heavy atom. The summed E-state index contributed by atoms with van der Waals surface area (Å²) < 4.78 is 0. The minimum atomic E-state index is -1.08. The molecule has 2 unspecified atom stereocenters. The average Bonchev–Trinajstić information content (AvgIpc) is 2.25. The van der Waals surface area contributed by atoms with Crippen LogP contribution in [0.25, 0.3) is 0 Å². The van der Waals surface area contributed by atoms with Gasteiger partial charge in [0.15, 0.2) is 0 Å². The number of hydrogen-bond donors (Lipinski definition) is 3. The fourth-order valence-electron chi connectivity index (χ4n) is 2.46. The van der Waals surface area contributed by atoms with E-state index in [4.69, 9.17) is 15.6 Å². The molecule has 0 bridgehead atoms. The van der Waals surface area contributed by atoms with Crippen LogP contribution in [0.15, 0.2) is 0 Å². The largest absolute Gasteiger partial charge is 0.477 e. The summed E-state index contributed by atoms with van der Waals surface area (Å²) in [5, 5.41) is 25.7. The number of aliphatic hydroxyl groups is 1. The number of rotatable bonds is 8. The number of hydrogen-bond acceptors (Lipinski definition) is 3. The molecule has 0 aromatic carbocycles. The molecule has 0 aliphatic heterocycles. The van der Waals surface area contributed by atoms with Gasteiger partial charge in [0.05, 0.1) is 0 Å². The van der Waals surface area contributed by atoms with Crippen molar-refractivity contribution in [3.8, 4) is 0 Å². The molecule has 0 spiro atoms. The molecule has 0 heterocycles. The number of nitrogens with one attached hydrogen (secondary N) is 1. The highest BCUT2D eigenvalue weighted by atomic mass is 16.4. The molecule has 0 radical (unpaired) electrons. The molecule has 4 nitrogen and oxygen atoms in total. The van der Waals surface area contributed by atoms with Crippen LogP contribution in [0.3, 0.4) is 0 Å². The molecule has 3 N–H and O–H groups in total. The maximum absolute atomic E-state index is 10.9. The second kappa shape index (κ2) is 6.74. The van der Waals surface area contributed by atoms with E-state index in [1.807, 2.05) is 6.92 Å². The summed E-state index contributed by atoms with van der Waals surface area (Å²) in [6.45, 7) is 2.19. The van der Waals surface area contributed by atoms with E-state index in [0.29, 0.717) is 5.92 Å². The van der Waals surface area contributed by atoms with E-state index in [1.165, 1.54) is 0 Å². The van der Waals surface area contributed by atoms with Crippen molar-refractivity contribution < 1.29 is 15.0 Å². The molecule has 1 aliphatic rings. The van der Waals surface area contributed by atoms with Crippen molar-refractivity contribution in [2.75, 3.05) is 6.61 Å². The van der Waals surface area contributed by atoms with E-state index in [-0.39, 0.29) is 24.2 Å². The zero-order valence-corrected chi connectivity index (χ0v) is 10.5. The van der Waals surface area contributed by atoms with Gasteiger partial charge in [-0.1, -0.05) is 19.8 Å². The fraction of sp³-hybridized carbons (Fsp3) is 0.846. The lowest BCUT2D eigenvalue weighted by Gasteiger charge is -2.33. The van der Waals surface area contributed by atoms with Crippen LogP contribution in [-0.2, 0) is 4.79 Å². The van der Waals surface area contributed by atoms with Crippen LogP contribution in [-0.4, -0.2) is 28.5 Å². The monoisotopic (exact) mass is 241 g/mol. The van der Waals surface area contributed by atoms with E-state index in [9.17, 15) is 4.79 Å². The second-order valence-corrected chi connectivity index (χ2v) is 5.05. The van der Waals surface area contributed by atoms with Gasteiger partial charge in [-0.15, -0.1) is 0 Å². The van der Waals surface area contributed by atoms with Gasteiger partial charge >= 0.3 is 5.97 Å². The maximum atomic E-state index is 10.9. The molecule has 0 aromatic rings. The first-order valence-electron chi connectivity index (χ1n) is 6.52. The van der Waals surface area contributed by atoms with Gasteiger partial charge in [0.25, 0.3) is 0 Å². The molecular weight excluding hydrogens is 218 g/mol. The maximum Gasteiger partial charge on any atom is 0.349 e. The molecule has 17 heavy (non-hydrogen) atoms. The highest BCUT2D eigenvalue weighted by Gasteiger charge is 2.33. The van der Waals surface area contributed by atoms with Crippen LogP contribution in [0.1, 0.15) is 45.4 Å². The van der Waals surface area contributed by atoms with Crippen LogP contribution >= 0.6 is 0 Å². The number of carboxylic acids is 1. The third kappa shape index (κ3) is 3.80. The van der Waals surface area contributed by atoms with Crippen molar-refractivity contribution in [1.29, 1.82) is 5.41 Å². The van der Waals surface area contributed by atoms with E-state index in [0.717, 1.165) is 38.5 Å². The number of aliphatic hydroxyl groups excluding tert-OH is 1. The molecule has 2 atom stereocenters. The lowest BCUT2D eigenvalue weighted by Crippen LogP contribution is -2.33. The number of aliphatic carboxylic acids is 1. The first-order chi connectivity index (χ1) is 8.10. The summed E-state index contributed by atoms with van der Waals surface area (Å²) >= 11 is 0. The van der Waals surface area contributed by atoms with E-state index in [1.54, 1.807) is 0 Å². The normalized spacial score (nSPS) is 19.4. The molecule has 98 valence electrons. The number of carbonyl (C=O) groups is 1. The Morgan fingerprint density at radius 2 is 2.06 bits per heavy atom. The summed E-state index contributed by atoms with van der Waals surface area (Å²) in [6.07, 6.45) is 5.73. The van der Waals surface area contributed by atoms with Crippen LogP contribution < -0.4 is 0 Å². The molecule has 0 saturated heterocycles. The third-order valence-corrected chi connectivity index (χ3v) is 4.04. The molecule has 1 fully saturated rings. The Balaban J connectivity index is 2.51. The van der Waals surface area contributed by atoms with E-state index < -0.39 is 5.97 Å². The minimum absolute atomic E-state index is 0.109. The molecule has 0 aromatic heterocycles. The summed E-state index contributed by atoms with van der Waals surface area (Å²) in [6, 6.07) is 0. The van der Waals surface area contributed by atoms with Gasteiger partial charge in [-0.25, -0.2) is 4.79 Å². The summed E-state index contributed by atoms with van der Waals surface area (Å²) in [4.78, 5) is 10.9. The molecule has 0 amide bonds. The van der Waals surface area contributed by atoms with E-state index >= 15 is 0 Å². The average molecular weight is 241 g/mol. The topological polar surface area (TPSA) is 81.4 Å². The third-order valence-electron chi connectivity index (χ3n) is 4.04. The van der Waals surface area contributed by atoms with Gasteiger partial charge in [-0.05, 0) is 37.5 Å². The summed E-state index contributed by atoms with van der Waals surface area (Å²) in [5.41, 5.74) is -0.137. The van der Waals surface area contributed by atoms with Gasteiger partial charge < -0.3 is 10.2 Å². The first-order valence-corrected chi connectivity index (χ1v) is 6.52. The predicted octanol–water partition coefficient (Wildman–Crippen LogP) is 2.31. The van der Waals surface area contributed by atoms with Crippen molar-refractivity contribution in [2.45, 2.75) is 45.4 Å². The Labute approximate surface area is 103 Å². The zero-order chi connectivity index (χ0) is 12.8. The van der Waals surface area contributed by atoms with Crippen molar-refractivity contribution in [1.82, 2.24) is 0 Å². The van der Waals surface area contributed by atoms with Crippen molar-refractivity contribution in [2.24, 2.45) is 17.8 Å². The first kappa shape index (κ1) is 14.2. The summed E-state index contributed by atoms with van der Waals surface area (Å²) in [7, 11) is 0. The smallest absolute Gasteiger partial charge is 0.349 e. The van der Waals surface area contributed by atoms with Crippen LogP contribution in [0.4, 0.5) is 0 Å². The van der Waals surface area contributed by atoms with Crippen LogP contribution in [0, 0.1) is 23.2 Å². The van der Waals surface area contributed by atoms with Gasteiger partial charge in [0.2, 0.25) is 0 Å². The zero-order valence-electron chi connectivity index (χ0n) is 10.5. The van der Waals surface area contributed by atoms with Gasteiger partial charge in [-0.3, -0.25) is 5.41 Å². The SMILES string of the molecule is CCC(CO)CCC(C(=N)C(=O)O)C1CCC1. The van der Waals surface area contributed by atoms with Crippen molar-refractivity contribution in [3.05, 3.63) is 0 Å². The Bertz CT molecular complexity index is 270. The standard InChI is InChI=1S/C13H23NO3/c1-2-9(8-15)6-7-11(10-4-3-5-10)12(14)13(16)17/h9-11,14-15H,2-8H2,1H3,(H,16,17). The van der Waals surface area contributed by atoms with Gasteiger partial charge in [0, 0.05) is 12.5 Å². The molecule has 1 aliphatic carbocycles. The Morgan fingerprint density at radius 3 is 2.41 bits per heavy atom. The highest BCUT2D eigenvalue weighted by molar-refractivity contribution is 6.35. The lowest BCUT2D eigenvalue weighted by molar-refractivity contribution is -0.130. The van der Waals surface area contributed by atoms with Gasteiger partial charge in [-0.2, -0.15) is 0 Å². The quantitative estimate of drug-likeness (QED) is 0.570. The van der Waals surface area contributed by atoms with Crippen molar-refractivity contribution >= 4 is 11.7 Å². The van der Waals surface area contributed by atoms with Crippen molar-refractivity contribution in [3.63, 3.8) is 0 Å². The minimum Gasteiger partial charge on any atom is -0.477 e. The van der Waals surface area contributed by atoms with Gasteiger partial charge in [0.1, 0.15) is 5.71 Å². The summed E-state index contributed by atoms with van der Waals surface area (Å²) in [5.74, 6) is -0.560. The predicted molar refractivity (Wildman–Crippen MR) is 66.3 cm³/mol. The lowest BCUT2D eigenvalue weighted by atomic mass is 9.71. The number of carboxylic acid groups (broad SMARTS) is 1. The Kier molecular flexibility index (Phi) is 5.62. The van der Waals surface area contributed by atoms with Crippen LogP contribution in [0.2, 0.25) is 0 Å². The molecule has 4 heteroatoms. The van der Waals surface area contributed by atoms with Crippen LogP contribution in [0.5, 0.6) is 0 Å². The molecular formula is C13H23NO3. The fourth-order valence-corrected chi connectivity index (χ4v) is 2.46. The second-order valence-electron chi connectivity index (χ2n) is 5.05.